The highest BCUT2D eigenvalue weighted by molar-refractivity contribution is 6.40. The quantitative estimate of drug-likeness (QED) is 0.896. The zero-order valence-corrected chi connectivity index (χ0v) is 14.1. The molecule has 3 rings (SSSR count). The second kappa shape index (κ2) is 7.57. The van der Waals surface area contributed by atoms with E-state index in [-0.39, 0.29) is 11.8 Å². The topological polar surface area (TPSA) is 65.0 Å². The van der Waals surface area contributed by atoms with Gasteiger partial charge < -0.3 is 5.32 Å². The van der Waals surface area contributed by atoms with E-state index in [1.54, 1.807) is 0 Å². The van der Waals surface area contributed by atoms with Crippen LogP contribution in [-0.2, 0) is 9.59 Å². The molecule has 0 aliphatic carbocycles. The smallest absolute Gasteiger partial charge is 0.267 e. The molecule has 0 radical (unpaired) electrons. The Morgan fingerprint density at radius 1 is 1.21 bits per heavy atom. The lowest BCUT2D eigenvalue weighted by Crippen LogP contribution is -2.44. The first-order chi connectivity index (χ1) is 11.6. The van der Waals surface area contributed by atoms with Crippen molar-refractivity contribution in [1.82, 2.24) is 10.2 Å². The van der Waals surface area contributed by atoms with Crippen molar-refractivity contribution in [2.45, 2.75) is 38.6 Å². The molecule has 1 aromatic rings. The Balaban J connectivity index is 1.62. The molecule has 6 heteroatoms. The molecule has 1 atom stereocenters. The van der Waals surface area contributed by atoms with Crippen LogP contribution in [0.25, 0.3) is 0 Å². The van der Waals surface area contributed by atoms with E-state index in [0.29, 0.717) is 36.8 Å². The van der Waals surface area contributed by atoms with Crippen molar-refractivity contribution in [2.75, 3.05) is 24.6 Å². The van der Waals surface area contributed by atoms with E-state index in [9.17, 15) is 9.59 Å². The molecule has 0 spiro atoms. The lowest BCUT2D eigenvalue weighted by atomic mass is 10.1. The number of amides is 2. The number of hydrogen-bond acceptors (Lipinski definition) is 4. The predicted molar refractivity (Wildman–Crippen MR) is 93.9 cm³/mol. The lowest BCUT2D eigenvalue weighted by Gasteiger charge is -2.25. The Morgan fingerprint density at radius 2 is 1.92 bits per heavy atom. The fourth-order valence-corrected chi connectivity index (χ4v) is 3.14. The molecule has 0 saturated carbocycles. The Morgan fingerprint density at radius 3 is 2.62 bits per heavy atom. The molecule has 24 heavy (non-hydrogen) atoms. The van der Waals surface area contributed by atoms with Crippen molar-refractivity contribution in [3.05, 3.63) is 30.3 Å². The molecule has 1 aromatic carbocycles. The standard InChI is InChI=1S/C18H24N4O2/c1-14(21-11-5-6-12-21)13-19-18(24)16-9-10-17(23)22(20-16)15-7-3-2-4-8-15/h2-4,7-8,14H,5-6,9-13H2,1H3,(H,19,24). The van der Waals surface area contributed by atoms with E-state index in [2.05, 4.69) is 22.2 Å². The van der Waals surface area contributed by atoms with Crippen LogP contribution in [0.15, 0.2) is 35.4 Å². The van der Waals surface area contributed by atoms with Crippen LogP contribution in [0.5, 0.6) is 0 Å². The van der Waals surface area contributed by atoms with Crippen molar-refractivity contribution in [3.8, 4) is 0 Å². The number of carbonyl (C=O) groups is 2. The average molecular weight is 328 g/mol. The maximum Gasteiger partial charge on any atom is 0.267 e. The second-order valence-corrected chi connectivity index (χ2v) is 6.39. The van der Waals surface area contributed by atoms with Crippen LogP contribution in [-0.4, -0.2) is 48.1 Å². The number of hydrazone groups is 1. The van der Waals surface area contributed by atoms with Gasteiger partial charge in [-0.25, -0.2) is 5.01 Å². The monoisotopic (exact) mass is 328 g/mol. The molecule has 2 aliphatic heterocycles. The first-order valence-electron chi connectivity index (χ1n) is 8.63. The highest BCUT2D eigenvalue weighted by atomic mass is 16.2. The van der Waals surface area contributed by atoms with Gasteiger partial charge in [0, 0.05) is 25.4 Å². The normalized spacial score (nSPS) is 20.0. The molecular formula is C18H24N4O2. The molecule has 1 unspecified atom stereocenters. The summed E-state index contributed by atoms with van der Waals surface area (Å²) in [7, 11) is 0. The van der Waals surface area contributed by atoms with E-state index in [4.69, 9.17) is 0 Å². The van der Waals surface area contributed by atoms with Crippen molar-refractivity contribution in [3.63, 3.8) is 0 Å². The third-order valence-corrected chi connectivity index (χ3v) is 4.62. The fraction of sp³-hybridized carbons (Fsp3) is 0.500. The summed E-state index contributed by atoms with van der Waals surface area (Å²) in [5.41, 5.74) is 1.12. The van der Waals surface area contributed by atoms with Crippen LogP contribution in [0.3, 0.4) is 0 Å². The zero-order valence-electron chi connectivity index (χ0n) is 14.1. The Kier molecular flexibility index (Phi) is 5.25. The number of hydrogen-bond donors (Lipinski definition) is 1. The van der Waals surface area contributed by atoms with Crippen LogP contribution < -0.4 is 10.3 Å². The summed E-state index contributed by atoms with van der Waals surface area (Å²) < 4.78 is 0. The molecule has 1 N–H and O–H groups in total. The second-order valence-electron chi connectivity index (χ2n) is 6.39. The van der Waals surface area contributed by atoms with Gasteiger partial charge in [-0.1, -0.05) is 18.2 Å². The predicted octanol–water partition coefficient (Wildman–Crippen LogP) is 1.77. The lowest BCUT2D eigenvalue weighted by molar-refractivity contribution is -0.119. The van der Waals surface area contributed by atoms with Crippen LogP contribution in [0.4, 0.5) is 5.69 Å². The number of nitrogens with one attached hydrogen (secondary N) is 1. The number of benzene rings is 1. The first-order valence-corrected chi connectivity index (χ1v) is 8.63. The molecule has 2 aliphatic rings. The van der Waals surface area contributed by atoms with Crippen LogP contribution in [0, 0.1) is 0 Å². The van der Waals surface area contributed by atoms with Crippen LogP contribution in [0.2, 0.25) is 0 Å². The van der Waals surface area contributed by atoms with Crippen LogP contribution in [0.1, 0.15) is 32.6 Å². The number of likely N-dealkylation sites (tertiary alicyclic amines) is 1. The zero-order chi connectivity index (χ0) is 16.9. The largest absolute Gasteiger partial charge is 0.349 e. The molecule has 6 nitrogen and oxygen atoms in total. The maximum absolute atomic E-state index is 12.4. The number of nitrogens with zero attached hydrogens (tertiary/aromatic N) is 3. The molecule has 2 amide bonds. The van der Waals surface area contributed by atoms with E-state index >= 15 is 0 Å². The minimum absolute atomic E-state index is 0.0804. The number of rotatable bonds is 5. The Labute approximate surface area is 142 Å². The van der Waals surface area contributed by atoms with Gasteiger partial charge in [0.25, 0.3) is 5.91 Å². The Hall–Kier alpha value is -2.21. The minimum atomic E-state index is -0.172. The van der Waals surface area contributed by atoms with Gasteiger partial charge in [-0.05, 0) is 45.0 Å². The van der Waals surface area contributed by atoms with E-state index < -0.39 is 0 Å². The Bertz CT molecular complexity index is 623. The molecule has 0 aromatic heterocycles. The third-order valence-electron chi connectivity index (χ3n) is 4.62. The van der Waals surface area contributed by atoms with E-state index in [1.807, 2.05) is 30.3 Å². The van der Waals surface area contributed by atoms with Gasteiger partial charge in [-0.15, -0.1) is 0 Å². The fourth-order valence-electron chi connectivity index (χ4n) is 3.14. The summed E-state index contributed by atoms with van der Waals surface area (Å²) in [5.74, 6) is -0.252. The summed E-state index contributed by atoms with van der Waals surface area (Å²) in [5, 5.41) is 8.59. The SMILES string of the molecule is CC(CNC(=O)C1=NN(c2ccccc2)C(=O)CC1)N1CCCC1. The highest BCUT2D eigenvalue weighted by Crippen LogP contribution is 2.19. The van der Waals surface area contributed by atoms with Gasteiger partial charge in [0.2, 0.25) is 5.91 Å². The summed E-state index contributed by atoms with van der Waals surface area (Å²) in [6.07, 6.45) is 3.17. The van der Waals surface area contributed by atoms with Gasteiger partial charge >= 0.3 is 0 Å². The molecule has 1 saturated heterocycles. The summed E-state index contributed by atoms with van der Waals surface area (Å²) in [6, 6.07) is 9.55. The molecule has 2 heterocycles. The van der Waals surface area contributed by atoms with Gasteiger partial charge in [0.1, 0.15) is 5.71 Å². The van der Waals surface area contributed by atoms with Crippen molar-refractivity contribution in [1.29, 1.82) is 0 Å². The molecule has 128 valence electrons. The van der Waals surface area contributed by atoms with Gasteiger partial charge in [0.05, 0.1) is 5.69 Å². The molecule has 1 fully saturated rings. The number of anilines is 1. The number of carbonyl (C=O) groups excluding carboxylic acids is 2. The third kappa shape index (κ3) is 3.82. The number of para-hydroxylation sites is 1. The van der Waals surface area contributed by atoms with Gasteiger partial charge in [0.15, 0.2) is 0 Å². The van der Waals surface area contributed by atoms with E-state index in [1.165, 1.54) is 17.9 Å². The van der Waals surface area contributed by atoms with E-state index in [0.717, 1.165) is 13.1 Å². The van der Waals surface area contributed by atoms with Gasteiger partial charge in [-0.3, -0.25) is 14.5 Å². The molecule has 0 bridgehead atoms. The maximum atomic E-state index is 12.4. The summed E-state index contributed by atoms with van der Waals surface area (Å²) >= 11 is 0. The minimum Gasteiger partial charge on any atom is -0.349 e. The van der Waals surface area contributed by atoms with Crippen LogP contribution >= 0.6 is 0 Å². The molecular weight excluding hydrogens is 304 g/mol. The van der Waals surface area contributed by atoms with Gasteiger partial charge in [-0.2, -0.15) is 5.10 Å². The first kappa shape index (κ1) is 16.6. The van der Waals surface area contributed by atoms with Crippen molar-refractivity contribution in [2.24, 2.45) is 5.10 Å². The van der Waals surface area contributed by atoms with Crippen molar-refractivity contribution >= 4 is 23.2 Å². The highest BCUT2D eigenvalue weighted by Gasteiger charge is 2.26. The summed E-state index contributed by atoms with van der Waals surface area (Å²) in [6.45, 7) is 4.95. The summed E-state index contributed by atoms with van der Waals surface area (Å²) in [4.78, 5) is 26.9. The van der Waals surface area contributed by atoms with Crippen molar-refractivity contribution < 1.29 is 9.59 Å². The average Bonchev–Trinajstić information content (AvgIpc) is 3.15.